The van der Waals surface area contributed by atoms with Gasteiger partial charge in [0.2, 0.25) is 0 Å². The van der Waals surface area contributed by atoms with Gasteiger partial charge in [-0.25, -0.2) is 4.79 Å². The number of allylic oxidation sites excluding steroid dienone is 2. The highest BCUT2D eigenvalue weighted by atomic mass is 16.7. The molecule has 23 heavy (non-hydrogen) atoms. The van der Waals surface area contributed by atoms with Crippen LogP contribution in [0.25, 0.3) is 0 Å². The van der Waals surface area contributed by atoms with Gasteiger partial charge in [0.25, 0.3) is 0 Å². The molecule has 2 atom stereocenters. The molecule has 0 spiro atoms. The maximum absolute atomic E-state index is 12.0. The van der Waals surface area contributed by atoms with Gasteiger partial charge >= 0.3 is 11.8 Å². The molecule has 2 aliphatic rings. The fraction of sp³-hybridized carbons (Fsp3) is 0.412. The zero-order valence-corrected chi connectivity index (χ0v) is 13.1. The second-order valence-electron chi connectivity index (χ2n) is 5.95. The highest BCUT2D eigenvalue weighted by Crippen LogP contribution is 2.46. The van der Waals surface area contributed by atoms with Crippen molar-refractivity contribution >= 4 is 11.7 Å². The second kappa shape index (κ2) is 5.70. The Bertz CT molecular complexity index is 691. The molecule has 0 amide bonds. The number of hydrogen-bond acceptors (Lipinski definition) is 6. The first-order valence-corrected chi connectivity index (χ1v) is 7.49. The van der Waals surface area contributed by atoms with Crippen molar-refractivity contribution in [2.45, 2.75) is 37.9 Å². The zero-order chi connectivity index (χ0) is 16.6. The van der Waals surface area contributed by atoms with E-state index in [-0.39, 0.29) is 12.3 Å². The van der Waals surface area contributed by atoms with Crippen LogP contribution in [0.1, 0.15) is 36.3 Å². The molecule has 1 aromatic carbocycles. The first-order valence-electron chi connectivity index (χ1n) is 7.49. The van der Waals surface area contributed by atoms with Crippen molar-refractivity contribution in [1.82, 2.24) is 0 Å². The van der Waals surface area contributed by atoms with Gasteiger partial charge in [-0.3, -0.25) is 0 Å². The number of aryl methyl sites for hydroxylation is 1. The summed E-state index contributed by atoms with van der Waals surface area (Å²) < 4.78 is 10.2. The quantitative estimate of drug-likeness (QED) is 0.496. The molecule has 6 nitrogen and oxygen atoms in total. The summed E-state index contributed by atoms with van der Waals surface area (Å²) in [6, 6.07) is 7.92. The molecular weight excluding hydrogens is 298 g/mol. The Hall–Kier alpha value is -2.34. The third-order valence-electron chi connectivity index (χ3n) is 4.46. The molecule has 0 unspecified atom stereocenters. The SMILES string of the molecule is COC(=O)[C@@]1(O)C[C@@H](c2ccc(C)cc2)C2=C(O1)/C(=N/O)CC2. The lowest BCUT2D eigenvalue weighted by Gasteiger charge is -2.36. The van der Waals surface area contributed by atoms with E-state index in [2.05, 4.69) is 9.89 Å². The summed E-state index contributed by atoms with van der Waals surface area (Å²) in [7, 11) is 1.20. The summed E-state index contributed by atoms with van der Waals surface area (Å²) in [4.78, 5) is 12.0. The molecular formula is C17H19NO5. The van der Waals surface area contributed by atoms with Gasteiger partial charge in [-0.05, 0) is 24.5 Å². The molecule has 1 heterocycles. The van der Waals surface area contributed by atoms with Crippen LogP contribution in [0.2, 0.25) is 0 Å². The third-order valence-corrected chi connectivity index (χ3v) is 4.46. The van der Waals surface area contributed by atoms with Crippen molar-refractivity contribution < 1.29 is 24.6 Å². The number of carbonyl (C=O) groups excluding carboxylic acids is 1. The summed E-state index contributed by atoms with van der Waals surface area (Å²) in [5.74, 6) is -2.83. The van der Waals surface area contributed by atoms with E-state index in [9.17, 15) is 9.90 Å². The lowest BCUT2D eigenvalue weighted by molar-refractivity contribution is -0.218. The van der Waals surface area contributed by atoms with E-state index in [4.69, 9.17) is 9.94 Å². The molecule has 1 aliphatic heterocycles. The van der Waals surface area contributed by atoms with Gasteiger partial charge in [0, 0.05) is 18.8 Å². The highest BCUT2D eigenvalue weighted by Gasteiger charge is 2.50. The van der Waals surface area contributed by atoms with Gasteiger partial charge in [0.15, 0.2) is 0 Å². The first kappa shape index (κ1) is 15.6. The van der Waals surface area contributed by atoms with Crippen molar-refractivity contribution in [1.29, 1.82) is 0 Å². The number of oxime groups is 1. The Morgan fingerprint density at radius 1 is 1.35 bits per heavy atom. The van der Waals surface area contributed by atoms with E-state index in [1.165, 1.54) is 7.11 Å². The second-order valence-corrected chi connectivity index (χ2v) is 5.95. The summed E-state index contributed by atoms with van der Waals surface area (Å²) in [6.07, 6.45) is 1.26. The maximum Gasteiger partial charge on any atom is 0.379 e. The zero-order valence-electron chi connectivity index (χ0n) is 13.1. The average Bonchev–Trinajstić information content (AvgIpc) is 2.96. The molecule has 0 saturated carbocycles. The largest absolute Gasteiger partial charge is 0.464 e. The van der Waals surface area contributed by atoms with Crippen molar-refractivity contribution in [3.05, 3.63) is 46.7 Å². The lowest BCUT2D eigenvalue weighted by atomic mass is 9.82. The molecule has 1 aliphatic carbocycles. The Balaban J connectivity index is 2.07. The van der Waals surface area contributed by atoms with Crippen molar-refractivity contribution in [3.63, 3.8) is 0 Å². The predicted molar refractivity (Wildman–Crippen MR) is 82.1 cm³/mol. The average molecular weight is 317 g/mol. The summed E-state index contributed by atoms with van der Waals surface area (Å²) in [5, 5.41) is 23.0. The summed E-state index contributed by atoms with van der Waals surface area (Å²) >= 11 is 0. The van der Waals surface area contributed by atoms with Crippen LogP contribution in [0, 0.1) is 6.92 Å². The van der Waals surface area contributed by atoms with Gasteiger partial charge in [-0.2, -0.15) is 0 Å². The number of benzene rings is 1. The van der Waals surface area contributed by atoms with Gasteiger partial charge in [0.1, 0.15) is 11.5 Å². The minimum absolute atomic E-state index is 0.0697. The predicted octanol–water partition coefficient (Wildman–Crippen LogP) is 2.24. The van der Waals surface area contributed by atoms with Crippen molar-refractivity contribution in [3.8, 4) is 0 Å². The van der Waals surface area contributed by atoms with Crippen LogP contribution in [0.5, 0.6) is 0 Å². The number of esters is 1. The molecule has 3 rings (SSSR count). The number of methoxy groups -OCH3 is 1. The number of nitrogens with zero attached hydrogens (tertiary/aromatic N) is 1. The Morgan fingerprint density at radius 3 is 2.65 bits per heavy atom. The molecule has 2 N–H and O–H groups in total. The van der Waals surface area contributed by atoms with Gasteiger partial charge in [0.05, 0.1) is 7.11 Å². The molecule has 0 fully saturated rings. The van der Waals surface area contributed by atoms with Gasteiger partial charge in [-0.15, -0.1) is 0 Å². The van der Waals surface area contributed by atoms with E-state index in [1.807, 2.05) is 31.2 Å². The standard InChI is InChI=1S/C17H19NO5/c1-10-3-5-11(6-4-10)13-9-17(20,16(19)22-2)23-15-12(13)7-8-14(15)18-21/h3-6,13,20-21H,7-9H2,1-2H3/b18-14+/t13-,17+/m0/s1. The summed E-state index contributed by atoms with van der Waals surface area (Å²) in [5.41, 5.74) is 3.39. The van der Waals surface area contributed by atoms with Crippen LogP contribution in [0.4, 0.5) is 0 Å². The summed E-state index contributed by atoms with van der Waals surface area (Å²) in [6.45, 7) is 2.00. The molecule has 0 aromatic heterocycles. The Labute approximate surface area is 134 Å². The first-order chi connectivity index (χ1) is 11.0. The number of carbonyl (C=O) groups is 1. The van der Waals surface area contributed by atoms with E-state index >= 15 is 0 Å². The van der Waals surface area contributed by atoms with Gasteiger partial charge in [-0.1, -0.05) is 35.0 Å². The van der Waals surface area contributed by atoms with Gasteiger partial charge < -0.3 is 19.8 Å². The van der Waals surface area contributed by atoms with Crippen LogP contribution >= 0.6 is 0 Å². The van der Waals surface area contributed by atoms with E-state index < -0.39 is 11.8 Å². The smallest absolute Gasteiger partial charge is 0.379 e. The fourth-order valence-corrected chi connectivity index (χ4v) is 3.23. The van der Waals surface area contributed by atoms with Crippen LogP contribution < -0.4 is 0 Å². The molecule has 0 radical (unpaired) electrons. The minimum Gasteiger partial charge on any atom is -0.464 e. The Morgan fingerprint density at radius 2 is 2.04 bits per heavy atom. The number of aliphatic hydroxyl groups is 1. The van der Waals surface area contributed by atoms with E-state index in [0.717, 1.165) is 16.7 Å². The van der Waals surface area contributed by atoms with Crippen molar-refractivity contribution in [2.24, 2.45) is 5.16 Å². The van der Waals surface area contributed by atoms with Crippen LogP contribution in [0.3, 0.4) is 0 Å². The van der Waals surface area contributed by atoms with Crippen LogP contribution in [-0.2, 0) is 14.3 Å². The number of rotatable bonds is 2. The van der Waals surface area contributed by atoms with Crippen LogP contribution in [-0.4, -0.2) is 34.9 Å². The number of ether oxygens (including phenoxy) is 2. The third kappa shape index (κ3) is 2.59. The minimum atomic E-state index is -2.08. The monoisotopic (exact) mass is 317 g/mol. The normalized spacial score (nSPS) is 28.5. The molecule has 0 bridgehead atoms. The maximum atomic E-state index is 12.0. The number of hydrogen-bond donors (Lipinski definition) is 2. The Kier molecular flexibility index (Phi) is 3.85. The molecule has 122 valence electrons. The fourth-order valence-electron chi connectivity index (χ4n) is 3.23. The van der Waals surface area contributed by atoms with Crippen molar-refractivity contribution in [2.75, 3.05) is 7.11 Å². The topological polar surface area (TPSA) is 88.4 Å². The molecule has 6 heteroatoms. The molecule has 0 saturated heterocycles. The lowest BCUT2D eigenvalue weighted by Crippen LogP contribution is -2.46. The van der Waals surface area contributed by atoms with E-state index in [1.54, 1.807) is 0 Å². The van der Waals surface area contributed by atoms with E-state index in [0.29, 0.717) is 24.3 Å². The molecule has 1 aromatic rings. The highest BCUT2D eigenvalue weighted by molar-refractivity contribution is 6.02. The van der Waals surface area contributed by atoms with Crippen LogP contribution in [0.15, 0.2) is 40.8 Å².